The van der Waals surface area contributed by atoms with Gasteiger partial charge < -0.3 is 84.6 Å². The van der Waals surface area contributed by atoms with Crippen LogP contribution in [0.3, 0.4) is 0 Å². The first-order valence-electron chi connectivity index (χ1n) is 24.1. The first kappa shape index (κ1) is 50.4. The van der Waals surface area contributed by atoms with Gasteiger partial charge in [-0.25, -0.2) is 0 Å². The van der Waals surface area contributed by atoms with Gasteiger partial charge in [0.15, 0.2) is 18.9 Å². The summed E-state index contributed by atoms with van der Waals surface area (Å²) < 4.78 is 36.9. The molecule has 374 valence electrons. The molecule has 3 aliphatic heterocycles. The van der Waals surface area contributed by atoms with E-state index in [0.717, 1.165) is 19.3 Å². The Morgan fingerprint density at radius 1 is 0.692 bits per heavy atom. The molecule has 3 heterocycles. The molecule has 0 amide bonds. The third kappa shape index (κ3) is 7.83. The van der Waals surface area contributed by atoms with Crippen LogP contribution in [0.1, 0.15) is 113 Å². The van der Waals surface area contributed by atoms with Gasteiger partial charge in [0, 0.05) is 24.2 Å². The molecule has 0 aromatic carbocycles. The molecule has 18 nitrogen and oxygen atoms in total. The average Bonchev–Trinajstić information content (AvgIpc) is 3.77. The first-order chi connectivity index (χ1) is 30.2. The molecule has 5 saturated carbocycles. The number of aliphatic hydroxyl groups excluding tert-OH is 9. The Hall–Kier alpha value is -1.01. The lowest BCUT2D eigenvalue weighted by atomic mass is 9.35. The van der Waals surface area contributed by atoms with E-state index in [1.807, 2.05) is 0 Å². The van der Waals surface area contributed by atoms with Crippen molar-refractivity contribution < 1.29 is 89.4 Å². The van der Waals surface area contributed by atoms with Crippen molar-refractivity contribution in [3.8, 4) is 0 Å². The summed E-state index contributed by atoms with van der Waals surface area (Å²) in [5, 5.41) is 120. The van der Waals surface area contributed by atoms with Gasteiger partial charge in [0.1, 0.15) is 66.8 Å². The monoisotopic (exact) mass is 931 g/mol. The van der Waals surface area contributed by atoms with E-state index in [9.17, 15) is 61.0 Å². The Morgan fingerprint density at radius 3 is 1.94 bits per heavy atom. The fraction of sp³-hybridized carbons (Fsp3) is 0.979. The lowest BCUT2D eigenvalue weighted by Gasteiger charge is -2.69. The minimum Gasteiger partial charge on any atom is -0.394 e. The van der Waals surface area contributed by atoms with Crippen molar-refractivity contribution in [1.29, 1.82) is 0 Å². The Morgan fingerprint density at radius 2 is 1.31 bits per heavy atom. The minimum atomic E-state index is -1.83. The molecule has 0 aromatic rings. The molecule has 0 unspecified atom stereocenters. The van der Waals surface area contributed by atoms with Crippen molar-refractivity contribution in [3.05, 3.63) is 0 Å². The van der Waals surface area contributed by atoms with Gasteiger partial charge in [0.05, 0.1) is 42.7 Å². The molecule has 0 spiro atoms. The summed E-state index contributed by atoms with van der Waals surface area (Å²) in [6, 6.07) is 0. The highest BCUT2D eigenvalue weighted by molar-refractivity contribution is 5.84. The van der Waals surface area contributed by atoms with Crippen LogP contribution in [0.4, 0.5) is 0 Å². The summed E-state index contributed by atoms with van der Waals surface area (Å²) in [4.78, 5) is 14.8. The second kappa shape index (κ2) is 17.4. The Kier molecular flexibility index (Phi) is 13.5. The number of hydrogen-bond donors (Lipinski definition) is 11. The van der Waals surface area contributed by atoms with Gasteiger partial charge in [0.25, 0.3) is 0 Å². The van der Waals surface area contributed by atoms with Crippen molar-refractivity contribution in [2.45, 2.75) is 223 Å². The van der Waals surface area contributed by atoms with Crippen LogP contribution in [-0.4, -0.2) is 185 Å². The van der Waals surface area contributed by atoms with E-state index in [1.54, 1.807) is 13.8 Å². The average molecular weight is 931 g/mol. The summed E-state index contributed by atoms with van der Waals surface area (Å²) >= 11 is 0. The quantitative estimate of drug-likeness (QED) is 0.131. The van der Waals surface area contributed by atoms with Crippen molar-refractivity contribution in [2.24, 2.45) is 51.2 Å². The van der Waals surface area contributed by atoms with Crippen LogP contribution in [0, 0.1) is 51.2 Å². The second-order valence-electron chi connectivity index (χ2n) is 23.3. The molecule has 3 saturated heterocycles. The van der Waals surface area contributed by atoms with Crippen molar-refractivity contribution in [3.63, 3.8) is 0 Å². The number of Topliss-reactive ketones (excluding diaryl/α,β-unsaturated/α-hetero) is 1. The SMILES string of the molecule is C[C@@H]1O[C@@H](O[C@H]2[C@H](O[C@H]3CC[C@]4(C)[C@H]5CC(=O)[C@@H]6[C@@H]([C@@]7(O)CC[C@@H](C(C)(C)O)[C@@H]7O)CC[C@@]6(C)[C@]5(C)CC[C@H]4C3(C)C)OC[C@H](O)[C@@H]2O[C@@H]2O[C@H](CO)[C@@H](O)[C@H](O)[C@H]2O)[C@H](O)[C@H](O)[C@H]1O. The smallest absolute Gasteiger partial charge is 0.187 e. The van der Waals surface area contributed by atoms with Gasteiger partial charge in [-0.2, -0.15) is 0 Å². The van der Waals surface area contributed by atoms with Gasteiger partial charge >= 0.3 is 0 Å². The van der Waals surface area contributed by atoms with E-state index in [4.69, 9.17) is 28.4 Å². The Bertz CT molecular complexity index is 1730. The number of rotatable bonds is 9. The molecule has 0 radical (unpaired) electrons. The first-order valence-corrected chi connectivity index (χ1v) is 24.1. The van der Waals surface area contributed by atoms with Gasteiger partial charge in [-0.3, -0.25) is 4.79 Å². The zero-order valence-electron chi connectivity index (χ0n) is 39.2. The van der Waals surface area contributed by atoms with Gasteiger partial charge in [-0.05, 0) is 106 Å². The Labute approximate surface area is 381 Å². The van der Waals surface area contributed by atoms with Crippen LogP contribution in [-0.2, 0) is 33.2 Å². The second-order valence-corrected chi connectivity index (χ2v) is 23.3. The highest BCUT2D eigenvalue weighted by Crippen LogP contribution is 2.76. The summed E-state index contributed by atoms with van der Waals surface area (Å²) in [6.07, 6.45) is -17.7. The molecule has 0 bridgehead atoms. The summed E-state index contributed by atoms with van der Waals surface area (Å²) in [6.45, 7) is 14.9. The maximum atomic E-state index is 14.8. The molecular formula is C47H78O18. The van der Waals surface area contributed by atoms with Crippen molar-refractivity contribution in [1.82, 2.24) is 0 Å². The summed E-state index contributed by atoms with van der Waals surface area (Å²) in [5.74, 6) is -1.15. The molecule has 65 heavy (non-hydrogen) atoms. The molecule has 8 aliphatic rings. The lowest BCUT2D eigenvalue weighted by Crippen LogP contribution is -2.67. The largest absolute Gasteiger partial charge is 0.394 e. The third-order valence-corrected chi connectivity index (χ3v) is 19.3. The number of fused-ring (bicyclic) bond motifs is 5. The fourth-order valence-electron chi connectivity index (χ4n) is 15.4. The maximum Gasteiger partial charge on any atom is 0.187 e. The molecule has 25 atom stereocenters. The Balaban J connectivity index is 1.04. The number of carbonyl (C=O) groups excluding carboxylic acids is 1. The van der Waals surface area contributed by atoms with Crippen LogP contribution < -0.4 is 0 Å². The number of hydrogen-bond acceptors (Lipinski definition) is 18. The molecule has 5 aliphatic carbocycles. The fourth-order valence-corrected chi connectivity index (χ4v) is 15.4. The zero-order valence-corrected chi connectivity index (χ0v) is 39.2. The number of aliphatic hydroxyl groups is 11. The number of ketones is 1. The van der Waals surface area contributed by atoms with Crippen molar-refractivity contribution in [2.75, 3.05) is 13.2 Å². The van der Waals surface area contributed by atoms with Crippen molar-refractivity contribution >= 4 is 5.78 Å². The van der Waals surface area contributed by atoms with E-state index >= 15 is 0 Å². The van der Waals surface area contributed by atoms with Gasteiger partial charge in [-0.1, -0.05) is 34.6 Å². The summed E-state index contributed by atoms with van der Waals surface area (Å²) in [7, 11) is 0. The van der Waals surface area contributed by atoms with E-state index in [0.29, 0.717) is 38.5 Å². The van der Waals surface area contributed by atoms with Crippen LogP contribution in [0.15, 0.2) is 0 Å². The van der Waals surface area contributed by atoms with Crippen LogP contribution in [0.2, 0.25) is 0 Å². The standard InChI is InChI=1S/C47H78O18/c1-20-30(51)32(53)34(55)39(61-20)65-37-36(64-40-35(56)33(54)31(52)25(18-48)62-40)24(50)19-60-41(37)63-28-12-13-44(6)26(42(28,2)3)11-15-45(7)27(44)17-23(49)29-21(9-14-46(29,45)8)47(59)16-10-22(38(47)57)43(4,5)58/h20-22,24-41,48,50-59H,9-19H2,1-8H3/t20-,21-,22+,24-,25+,26-,27+,28-,29-,30-,31+,32+,33-,34+,35+,36-,37+,38-,39-,40-,41-,44-,45+,46+,47-/m0/s1. The molecule has 18 heteroatoms. The molecule has 8 fully saturated rings. The normalized spacial score (nSPS) is 55.9. The van der Waals surface area contributed by atoms with Gasteiger partial charge in [-0.15, -0.1) is 0 Å². The van der Waals surface area contributed by atoms with Crippen LogP contribution >= 0.6 is 0 Å². The highest BCUT2D eigenvalue weighted by atomic mass is 16.8. The van der Waals surface area contributed by atoms with E-state index < -0.39 is 145 Å². The molecule has 0 aromatic heterocycles. The topological polar surface area (TPSA) is 295 Å². The molecular weight excluding hydrogens is 852 g/mol. The minimum absolute atomic E-state index is 0.0101. The number of ether oxygens (including phenoxy) is 6. The predicted molar refractivity (Wildman–Crippen MR) is 226 cm³/mol. The molecule has 8 rings (SSSR count). The maximum absolute atomic E-state index is 14.8. The summed E-state index contributed by atoms with van der Waals surface area (Å²) in [5.41, 5.74) is -4.20. The zero-order chi connectivity index (χ0) is 47.7. The van der Waals surface area contributed by atoms with Crippen LogP contribution in [0.25, 0.3) is 0 Å². The lowest BCUT2D eigenvalue weighted by molar-refractivity contribution is -0.388. The third-order valence-electron chi connectivity index (χ3n) is 19.3. The van der Waals surface area contributed by atoms with E-state index in [1.165, 1.54) is 6.92 Å². The van der Waals surface area contributed by atoms with E-state index in [2.05, 4.69) is 34.6 Å². The predicted octanol–water partition coefficient (Wildman–Crippen LogP) is -0.376. The van der Waals surface area contributed by atoms with Crippen LogP contribution in [0.5, 0.6) is 0 Å². The van der Waals surface area contributed by atoms with Gasteiger partial charge in [0.2, 0.25) is 0 Å². The van der Waals surface area contributed by atoms with E-state index in [-0.39, 0.29) is 35.1 Å². The highest BCUT2D eigenvalue weighted by Gasteiger charge is 2.73. The number of carbonyl (C=O) groups is 1. The molecule has 11 N–H and O–H groups in total.